The van der Waals surface area contributed by atoms with Gasteiger partial charge in [-0.15, -0.1) is 0 Å². The third-order valence-corrected chi connectivity index (χ3v) is 5.23. The van der Waals surface area contributed by atoms with Crippen LogP contribution in [0.1, 0.15) is 27.8 Å². The third-order valence-electron chi connectivity index (χ3n) is 5.23. The van der Waals surface area contributed by atoms with E-state index in [4.69, 9.17) is 0 Å². The van der Waals surface area contributed by atoms with Gasteiger partial charge in [0, 0.05) is 11.6 Å². The van der Waals surface area contributed by atoms with Gasteiger partial charge in [0.25, 0.3) is 0 Å². The van der Waals surface area contributed by atoms with Crippen molar-refractivity contribution in [2.24, 2.45) is 0 Å². The zero-order chi connectivity index (χ0) is 19.3. The van der Waals surface area contributed by atoms with Gasteiger partial charge in [0.1, 0.15) is 11.6 Å². The summed E-state index contributed by atoms with van der Waals surface area (Å²) >= 11 is 0. The lowest BCUT2D eigenvalue weighted by atomic mass is 9.92. The molecule has 1 aromatic heterocycles. The molecule has 0 atom stereocenters. The highest BCUT2D eigenvalue weighted by molar-refractivity contribution is 5.95. The van der Waals surface area contributed by atoms with E-state index in [9.17, 15) is 13.6 Å². The Bertz CT molecular complexity index is 1310. The van der Waals surface area contributed by atoms with Crippen molar-refractivity contribution in [3.8, 4) is 0 Å². The van der Waals surface area contributed by atoms with E-state index in [0.29, 0.717) is 35.0 Å². The van der Waals surface area contributed by atoms with Crippen LogP contribution in [0.15, 0.2) is 59.4 Å². The van der Waals surface area contributed by atoms with Crippen LogP contribution in [0.25, 0.3) is 22.7 Å². The largest absolute Gasteiger partial charge is 0.323 e. The quantitative estimate of drug-likeness (QED) is 0.493. The van der Waals surface area contributed by atoms with Gasteiger partial charge in [0.05, 0.1) is 11.0 Å². The number of H-pyrrole nitrogens is 2. The predicted molar refractivity (Wildman–Crippen MR) is 106 cm³/mol. The molecule has 0 aliphatic heterocycles. The summed E-state index contributed by atoms with van der Waals surface area (Å²) in [7, 11) is 0. The molecule has 138 valence electrons. The van der Waals surface area contributed by atoms with Gasteiger partial charge in [0.2, 0.25) is 0 Å². The van der Waals surface area contributed by atoms with Crippen molar-refractivity contribution in [2.75, 3.05) is 0 Å². The first-order valence-corrected chi connectivity index (χ1v) is 9.09. The van der Waals surface area contributed by atoms with Crippen LogP contribution < -0.4 is 5.69 Å². The second-order valence-electron chi connectivity index (χ2n) is 7.02. The average molecular weight is 374 g/mol. The maximum atomic E-state index is 14.9. The van der Waals surface area contributed by atoms with Crippen molar-refractivity contribution in [1.82, 2.24) is 9.97 Å². The minimum Gasteiger partial charge on any atom is -0.306 e. The summed E-state index contributed by atoms with van der Waals surface area (Å²) in [5, 5.41) is 0. The standard InChI is InChI=1S/C23H16F2N2O/c24-16-11-15-7-6-14-3-1-2-4-17(14)18(22(15)19(25)12-16)9-13-5-8-20-21(10-13)27-23(28)26-20/h1-5,8-12H,6-7H2,(H2,26,27,28). The molecule has 5 rings (SSSR count). The first kappa shape index (κ1) is 16.7. The topological polar surface area (TPSA) is 48.6 Å². The summed E-state index contributed by atoms with van der Waals surface area (Å²) in [4.78, 5) is 17.0. The molecule has 0 fully saturated rings. The Morgan fingerprint density at radius 1 is 0.857 bits per heavy atom. The predicted octanol–water partition coefficient (Wildman–Crippen LogP) is 4.82. The smallest absolute Gasteiger partial charge is 0.306 e. The highest BCUT2D eigenvalue weighted by Crippen LogP contribution is 2.37. The molecule has 1 aliphatic carbocycles. The van der Waals surface area contributed by atoms with Crippen molar-refractivity contribution in [1.29, 1.82) is 0 Å². The Balaban J connectivity index is 1.79. The molecule has 5 heteroatoms. The van der Waals surface area contributed by atoms with Gasteiger partial charge in [-0.05, 0) is 64.9 Å². The zero-order valence-corrected chi connectivity index (χ0v) is 14.9. The highest BCUT2D eigenvalue weighted by atomic mass is 19.1. The molecule has 0 radical (unpaired) electrons. The molecule has 28 heavy (non-hydrogen) atoms. The van der Waals surface area contributed by atoms with Crippen LogP contribution >= 0.6 is 0 Å². The summed E-state index contributed by atoms with van der Waals surface area (Å²) in [5.41, 5.74) is 5.80. The van der Waals surface area contributed by atoms with Crippen LogP contribution in [0.5, 0.6) is 0 Å². The van der Waals surface area contributed by atoms with Crippen LogP contribution in [0, 0.1) is 11.6 Å². The summed E-state index contributed by atoms with van der Waals surface area (Å²) in [6.07, 6.45) is 3.19. The Kier molecular flexibility index (Phi) is 3.76. The second kappa shape index (κ2) is 6.30. The Morgan fingerprint density at radius 3 is 2.54 bits per heavy atom. The van der Waals surface area contributed by atoms with E-state index in [1.54, 1.807) is 0 Å². The molecular formula is C23H16F2N2O. The average Bonchev–Trinajstić information content (AvgIpc) is 2.96. The maximum absolute atomic E-state index is 14.9. The minimum absolute atomic E-state index is 0.272. The normalized spacial score (nSPS) is 14.7. The molecule has 3 aromatic carbocycles. The number of benzene rings is 3. The van der Waals surface area contributed by atoms with Gasteiger partial charge in [-0.3, -0.25) is 0 Å². The van der Waals surface area contributed by atoms with Crippen molar-refractivity contribution in [3.63, 3.8) is 0 Å². The lowest BCUT2D eigenvalue weighted by Crippen LogP contribution is -1.99. The molecular weight excluding hydrogens is 358 g/mol. The van der Waals surface area contributed by atoms with E-state index in [0.717, 1.165) is 28.3 Å². The first-order chi connectivity index (χ1) is 13.6. The minimum atomic E-state index is -0.562. The van der Waals surface area contributed by atoms with Gasteiger partial charge in [-0.2, -0.15) is 0 Å². The lowest BCUT2D eigenvalue weighted by molar-refractivity contribution is 0.577. The van der Waals surface area contributed by atoms with E-state index in [2.05, 4.69) is 9.97 Å². The van der Waals surface area contributed by atoms with E-state index in [1.165, 1.54) is 6.07 Å². The molecule has 2 N–H and O–H groups in total. The van der Waals surface area contributed by atoms with Crippen LogP contribution in [-0.4, -0.2) is 9.97 Å². The number of rotatable bonds is 1. The first-order valence-electron chi connectivity index (χ1n) is 9.09. The van der Waals surface area contributed by atoms with Gasteiger partial charge in [-0.25, -0.2) is 13.6 Å². The number of aryl methyl sites for hydroxylation is 2. The zero-order valence-electron chi connectivity index (χ0n) is 14.9. The summed E-state index contributed by atoms with van der Waals surface area (Å²) in [5.74, 6) is -1.12. The molecule has 3 nitrogen and oxygen atoms in total. The summed E-state index contributed by atoms with van der Waals surface area (Å²) in [6, 6.07) is 15.8. The number of aromatic nitrogens is 2. The third kappa shape index (κ3) is 2.76. The van der Waals surface area contributed by atoms with Crippen LogP contribution in [0.4, 0.5) is 8.78 Å². The van der Waals surface area contributed by atoms with Gasteiger partial charge in [-0.1, -0.05) is 30.3 Å². The van der Waals surface area contributed by atoms with Crippen LogP contribution in [-0.2, 0) is 12.8 Å². The van der Waals surface area contributed by atoms with Crippen LogP contribution in [0.2, 0.25) is 0 Å². The molecule has 0 spiro atoms. The Morgan fingerprint density at radius 2 is 1.64 bits per heavy atom. The SMILES string of the molecule is O=c1[nH]c2ccc(C=C3c4ccccc4CCc4cc(F)cc(F)c43)cc2[nH]1. The lowest BCUT2D eigenvalue weighted by Gasteiger charge is -2.13. The van der Waals surface area contributed by atoms with Gasteiger partial charge in [0.15, 0.2) is 0 Å². The number of halogens is 2. The second-order valence-corrected chi connectivity index (χ2v) is 7.02. The molecule has 0 saturated carbocycles. The fourth-order valence-corrected chi connectivity index (χ4v) is 3.99. The fourth-order valence-electron chi connectivity index (χ4n) is 3.99. The Labute approximate surface area is 159 Å². The number of imidazole rings is 1. The highest BCUT2D eigenvalue weighted by Gasteiger charge is 2.22. The molecule has 4 aromatic rings. The van der Waals surface area contributed by atoms with E-state index >= 15 is 0 Å². The maximum Gasteiger partial charge on any atom is 0.323 e. The summed E-state index contributed by atoms with van der Waals surface area (Å²) in [6.45, 7) is 0. The monoisotopic (exact) mass is 374 g/mol. The van der Waals surface area contributed by atoms with E-state index < -0.39 is 11.6 Å². The number of aromatic amines is 2. The molecule has 0 saturated heterocycles. The van der Waals surface area contributed by atoms with Crippen LogP contribution in [0.3, 0.4) is 0 Å². The molecule has 0 bridgehead atoms. The summed E-state index contributed by atoms with van der Waals surface area (Å²) < 4.78 is 28.7. The van der Waals surface area contributed by atoms with Gasteiger partial charge < -0.3 is 9.97 Å². The van der Waals surface area contributed by atoms with Crippen molar-refractivity contribution in [2.45, 2.75) is 12.8 Å². The number of hydrogen-bond acceptors (Lipinski definition) is 1. The van der Waals surface area contributed by atoms with E-state index in [1.807, 2.05) is 48.5 Å². The van der Waals surface area contributed by atoms with Crippen molar-refractivity contribution < 1.29 is 8.78 Å². The van der Waals surface area contributed by atoms with Crippen molar-refractivity contribution >= 4 is 22.7 Å². The fraction of sp³-hybridized carbons (Fsp3) is 0.0870. The van der Waals surface area contributed by atoms with Gasteiger partial charge >= 0.3 is 5.69 Å². The number of fused-ring (bicyclic) bond motifs is 3. The molecule has 1 heterocycles. The van der Waals surface area contributed by atoms with E-state index in [-0.39, 0.29) is 5.69 Å². The number of hydrogen-bond donors (Lipinski definition) is 2. The molecule has 1 aliphatic rings. The Hall–Kier alpha value is -3.47. The van der Waals surface area contributed by atoms with Crippen molar-refractivity contribution in [3.05, 3.63) is 105 Å². The molecule has 0 amide bonds. The molecule has 0 unspecified atom stereocenters. The number of nitrogens with one attached hydrogen (secondary N) is 2.